The standard InChI is InChI=1S/C12H19N3O/c1-15(9-10-4-6-13-8-10)12(16)7-11-3-2-5-14-11/h2-3,5,10,13-14H,4,6-9H2,1H3. The molecule has 4 heteroatoms. The fraction of sp³-hybridized carbons (Fsp3) is 0.583. The Morgan fingerprint density at radius 3 is 3.12 bits per heavy atom. The zero-order valence-electron chi connectivity index (χ0n) is 9.70. The summed E-state index contributed by atoms with van der Waals surface area (Å²) < 4.78 is 0. The maximum absolute atomic E-state index is 11.9. The zero-order chi connectivity index (χ0) is 11.4. The molecule has 2 rings (SSSR count). The van der Waals surface area contributed by atoms with Gasteiger partial charge < -0.3 is 15.2 Å². The Labute approximate surface area is 96.0 Å². The second kappa shape index (κ2) is 5.16. The van der Waals surface area contributed by atoms with Crippen molar-refractivity contribution in [2.75, 3.05) is 26.7 Å². The Morgan fingerprint density at radius 1 is 1.62 bits per heavy atom. The van der Waals surface area contributed by atoms with Crippen LogP contribution >= 0.6 is 0 Å². The zero-order valence-corrected chi connectivity index (χ0v) is 9.70. The third kappa shape index (κ3) is 2.85. The Balaban J connectivity index is 1.79. The lowest BCUT2D eigenvalue weighted by Crippen LogP contribution is -2.33. The van der Waals surface area contributed by atoms with Crippen LogP contribution in [0.3, 0.4) is 0 Å². The first-order valence-corrected chi connectivity index (χ1v) is 5.82. The van der Waals surface area contributed by atoms with Gasteiger partial charge in [0.2, 0.25) is 5.91 Å². The second-order valence-electron chi connectivity index (χ2n) is 4.51. The maximum atomic E-state index is 11.9. The summed E-state index contributed by atoms with van der Waals surface area (Å²) in [6.45, 7) is 3.00. The molecule has 1 amide bonds. The lowest BCUT2D eigenvalue weighted by atomic mass is 10.1. The molecule has 0 bridgehead atoms. The molecule has 0 spiro atoms. The summed E-state index contributed by atoms with van der Waals surface area (Å²) >= 11 is 0. The number of carbonyl (C=O) groups is 1. The fourth-order valence-electron chi connectivity index (χ4n) is 2.13. The summed E-state index contributed by atoms with van der Waals surface area (Å²) in [5.41, 5.74) is 0.987. The molecule has 0 aliphatic carbocycles. The van der Waals surface area contributed by atoms with E-state index in [4.69, 9.17) is 0 Å². The van der Waals surface area contributed by atoms with Gasteiger partial charge in [-0.25, -0.2) is 0 Å². The number of aromatic nitrogens is 1. The monoisotopic (exact) mass is 221 g/mol. The Kier molecular flexibility index (Phi) is 3.62. The number of nitrogens with one attached hydrogen (secondary N) is 2. The van der Waals surface area contributed by atoms with Crippen LogP contribution in [0.2, 0.25) is 0 Å². The summed E-state index contributed by atoms with van der Waals surface area (Å²) in [4.78, 5) is 16.8. The van der Waals surface area contributed by atoms with E-state index in [2.05, 4.69) is 10.3 Å². The number of H-pyrrole nitrogens is 1. The van der Waals surface area contributed by atoms with Crippen molar-refractivity contribution in [3.63, 3.8) is 0 Å². The van der Waals surface area contributed by atoms with Gasteiger partial charge in [0.15, 0.2) is 0 Å². The Morgan fingerprint density at radius 2 is 2.50 bits per heavy atom. The van der Waals surface area contributed by atoms with E-state index in [0.29, 0.717) is 12.3 Å². The SMILES string of the molecule is CN(CC1CCNC1)C(=O)Cc1ccc[nH]1. The van der Waals surface area contributed by atoms with Gasteiger partial charge in [-0.3, -0.25) is 4.79 Å². The number of amides is 1. The molecule has 1 aromatic heterocycles. The number of hydrogen-bond acceptors (Lipinski definition) is 2. The predicted molar refractivity (Wildman–Crippen MR) is 63.1 cm³/mol. The molecule has 1 aromatic rings. The van der Waals surface area contributed by atoms with Crippen LogP contribution in [0.4, 0.5) is 0 Å². The molecule has 88 valence electrons. The molecule has 0 radical (unpaired) electrons. The highest BCUT2D eigenvalue weighted by Gasteiger charge is 2.19. The topological polar surface area (TPSA) is 48.1 Å². The van der Waals surface area contributed by atoms with E-state index in [1.807, 2.05) is 30.3 Å². The number of nitrogens with zero attached hydrogens (tertiary/aromatic N) is 1. The molecule has 1 aliphatic rings. The highest BCUT2D eigenvalue weighted by molar-refractivity contribution is 5.78. The van der Waals surface area contributed by atoms with Crippen molar-refractivity contribution in [1.82, 2.24) is 15.2 Å². The van der Waals surface area contributed by atoms with Crippen LogP contribution in [0.5, 0.6) is 0 Å². The van der Waals surface area contributed by atoms with Crippen LogP contribution in [0.15, 0.2) is 18.3 Å². The van der Waals surface area contributed by atoms with E-state index in [0.717, 1.165) is 25.3 Å². The van der Waals surface area contributed by atoms with Gasteiger partial charge in [0.1, 0.15) is 0 Å². The summed E-state index contributed by atoms with van der Waals surface area (Å²) in [7, 11) is 1.89. The molecule has 2 heterocycles. The average molecular weight is 221 g/mol. The van der Waals surface area contributed by atoms with Gasteiger partial charge in [0, 0.05) is 25.5 Å². The average Bonchev–Trinajstić information content (AvgIpc) is 2.90. The van der Waals surface area contributed by atoms with Gasteiger partial charge in [-0.05, 0) is 37.6 Å². The molecule has 16 heavy (non-hydrogen) atoms. The molecule has 4 nitrogen and oxygen atoms in total. The number of rotatable bonds is 4. The molecule has 0 aromatic carbocycles. The van der Waals surface area contributed by atoms with Crippen LogP contribution in [0, 0.1) is 5.92 Å². The molecular weight excluding hydrogens is 202 g/mol. The smallest absolute Gasteiger partial charge is 0.228 e. The third-order valence-electron chi connectivity index (χ3n) is 3.12. The lowest BCUT2D eigenvalue weighted by Gasteiger charge is -2.20. The summed E-state index contributed by atoms with van der Waals surface area (Å²) in [5, 5.41) is 3.32. The van der Waals surface area contributed by atoms with E-state index in [1.165, 1.54) is 6.42 Å². The first-order valence-electron chi connectivity index (χ1n) is 5.82. The summed E-state index contributed by atoms with van der Waals surface area (Å²) in [6, 6.07) is 3.87. The van der Waals surface area contributed by atoms with Crippen LogP contribution in [0.1, 0.15) is 12.1 Å². The first-order chi connectivity index (χ1) is 7.75. The highest BCUT2D eigenvalue weighted by Crippen LogP contribution is 2.09. The number of aromatic amines is 1. The number of carbonyl (C=O) groups excluding carboxylic acids is 1. The van der Waals surface area contributed by atoms with E-state index in [-0.39, 0.29) is 5.91 Å². The lowest BCUT2D eigenvalue weighted by molar-refractivity contribution is -0.129. The molecule has 1 unspecified atom stereocenters. The van der Waals surface area contributed by atoms with Crippen LogP contribution in [0.25, 0.3) is 0 Å². The van der Waals surface area contributed by atoms with Crippen molar-refractivity contribution >= 4 is 5.91 Å². The minimum atomic E-state index is 0.189. The van der Waals surface area contributed by atoms with Crippen molar-refractivity contribution in [2.24, 2.45) is 5.92 Å². The van der Waals surface area contributed by atoms with E-state index in [9.17, 15) is 4.79 Å². The summed E-state index contributed by atoms with van der Waals surface area (Å²) in [6.07, 6.45) is 3.51. The van der Waals surface area contributed by atoms with E-state index >= 15 is 0 Å². The van der Waals surface area contributed by atoms with Crippen LogP contribution in [-0.2, 0) is 11.2 Å². The molecule has 1 atom stereocenters. The van der Waals surface area contributed by atoms with Crippen molar-refractivity contribution in [3.05, 3.63) is 24.0 Å². The van der Waals surface area contributed by atoms with E-state index in [1.54, 1.807) is 0 Å². The largest absolute Gasteiger partial charge is 0.365 e. The quantitative estimate of drug-likeness (QED) is 0.783. The van der Waals surface area contributed by atoms with Gasteiger partial charge in [-0.2, -0.15) is 0 Å². The van der Waals surface area contributed by atoms with Gasteiger partial charge in [0.05, 0.1) is 6.42 Å². The molecule has 1 fully saturated rings. The predicted octanol–water partition coefficient (Wildman–Crippen LogP) is 0.625. The molecule has 1 saturated heterocycles. The summed E-state index contributed by atoms with van der Waals surface area (Å²) in [5.74, 6) is 0.812. The number of likely N-dealkylation sites (N-methyl/N-ethyl adjacent to an activating group) is 1. The molecular formula is C12H19N3O. The third-order valence-corrected chi connectivity index (χ3v) is 3.12. The van der Waals surface area contributed by atoms with Gasteiger partial charge in [-0.15, -0.1) is 0 Å². The van der Waals surface area contributed by atoms with E-state index < -0.39 is 0 Å². The normalized spacial score (nSPS) is 19.9. The van der Waals surface area contributed by atoms with Gasteiger partial charge in [-0.1, -0.05) is 0 Å². The highest BCUT2D eigenvalue weighted by atomic mass is 16.2. The van der Waals surface area contributed by atoms with Gasteiger partial charge >= 0.3 is 0 Å². The molecule has 1 aliphatic heterocycles. The minimum Gasteiger partial charge on any atom is -0.365 e. The maximum Gasteiger partial charge on any atom is 0.228 e. The first kappa shape index (κ1) is 11.2. The molecule has 0 saturated carbocycles. The fourth-order valence-corrected chi connectivity index (χ4v) is 2.13. The van der Waals surface area contributed by atoms with Crippen molar-refractivity contribution in [2.45, 2.75) is 12.8 Å². The van der Waals surface area contributed by atoms with Crippen molar-refractivity contribution in [1.29, 1.82) is 0 Å². The Hall–Kier alpha value is -1.29. The number of hydrogen-bond donors (Lipinski definition) is 2. The van der Waals surface area contributed by atoms with Crippen LogP contribution in [-0.4, -0.2) is 42.5 Å². The Bertz CT molecular complexity index is 328. The molecule has 2 N–H and O–H groups in total. The second-order valence-corrected chi connectivity index (χ2v) is 4.51. The van der Waals surface area contributed by atoms with Gasteiger partial charge in [0.25, 0.3) is 0 Å². The van der Waals surface area contributed by atoms with Crippen molar-refractivity contribution in [3.8, 4) is 0 Å². The van der Waals surface area contributed by atoms with Crippen molar-refractivity contribution < 1.29 is 4.79 Å². The van der Waals surface area contributed by atoms with Crippen LogP contribution < -0.4 is 5.32 Å². The minimum absolute atomic E-state index is 0.189.